The number of nitrogens with one attached hydrogen (secondary N) is 2. The zero-order valence-electron chi connectivity index (χ0n) is 10.9. The molecule has 0 radical (unpaired) electrons. The van der Waals surface area contributed by atoms with Crippen LogP contribution in [0.25, 0.3) is 0 Å². The highest BCUT2D eigenvalue weighted by Crippen LogP contribution is 2.28. The number of aromatic nitrogens is 3. The van der Waals surface area contributed by atoms with Crippen LogP contribution in [0.5, 0.6) is 0 Å². The van der Waals surface area contributed by atoms with Crippen LogP contribution in [-0.2, 0) is 0 Å². The maximum absolute atomic E-state index is 6.01. The molecule has 2 heterocycles. The fourth-order valence-electron chi connectivity index (χ4n) is 1.43. The van der Waals surface area contributed by atoms with Crippen LogP contribution < -0.4 is 16.4 Å². The first-order valence-electron chi connectivity index (χ1n) is 5.78. The summed E-state index contributed by atoms with van der Waals surface area (Å²) in [6, 6.07) is 0. The maximum atomic E-state index is 6.01. The normalized spacial score (nSPS) is 10.2. The van der Waals surface area contributed by atoms with Crippen molar-refractivity contribution >= 4 is 33.8 Å². The summed E-state index contributed by atoms with van der Waals surface area (Å²) in [6.45, 7) is 8.23. The minimum Gasteiger partial charge on any atom is -0.393 e. The van der Waals surface area contributed by atoms with Gasteiger partial charge in [0.15, 0.2) is 16.8 Å². The minimum atomic E-state index is 0.467. The van der Waals surface area contributed by atoms with E-state index in [1.807, 2.05) is 13.8 Å². The van der Waals surface area contributed by atoms with Crippen LogP contribution in [0.2, 0.25) is 0 Å². The molecule has 0 aromatic carbocycles. The summed E-state index contributed by atoms with van der Waals surface area (Å²) >= 11 is 1.57. The molecule has 0 saturated carbocycles. The van der Waals surface area contributed by atoms with Crippen LogP contribution in [0.4, 0.5) is 22.5 Å². The Labute approximate surface area is 115 Å². The fourth-order valence-corrected chi connectivity index (χ4v) is 2.25. The first-order valence-corrected chi connectivity index (χ1v) is 6.59. The Hall–Kier alpha value is -2.15. The van der Waals surface area contributed by atoms with Crippen molar-refractivity contribution in [2.45, 2.75) is 13.8 Å². The molecule has 0 fully saturated rings. The molecule has 2 aromatic rings. The van der Waals surface area contributed by atoms with Gasteiger partial charge in [-0.3, -0.25) is 0 Å². The number of hydrogen-bond donors (Lipinski definition) is 3. The third kappa shape index (κ3) is 3.00. The summed E-state index contributed by atoms with van der Waals surface area (Å²) in [5, 5.41) is 6.94. The second-order valence-electron chi connectivity index (χ2n) is 3.94. The van der Waals surface area contributed by atoms with E-state index in [1.54, 1.807) is 17.4 Å². The second kappa shape index (κ2) is 5.66. The lowest BCUT2D eigenvalue weighted by Crippen LogP contribution is -2.07. The quantitative estimate of drug-likeness (QED) is 0.727. The summed E-state index contributed by atoms with van der Waals surface area (Å²) in [5.74, 6) is 1.14. The van der Waals surface area contributed by atoms with Gasteiger partial charge in [-0.1, -0.05) is 6.08 Å². The average molecular weight is 276 g/mol. The molecule has 0 unspecified atom stereocenters. The van der Waals surface area contributed by atoms with Gasteiger partial charge in [0.1, 0.15) is 12.0 Å². The predicted molar refractivity (Wildman–Crippen MR) is 80.0 cm³/mol. The third-order valence-electron chi connectivity index (χ3n) is 2.55. The van der Waals surface area contributed by atoms with Crippen molar-refractivity contribution in [1.82, 2.24) is 15.0 Å². The average Bonchev–Trinajstić information content (AvgIpc) is 2.69. The SMILES string of the molecule is C=CCNc1ncnc(Nc2nc(C)c(C)s2)c1N. The lowest BCUT2D eigenvalue weighted by Gasteiger charge is -2.09. The van der Waals surface area contributed by atoms with Crippen molar-refractivity contribution in [2.24, 2.45) is 0 Å². The van der Waals surface area contributed by atoms with Crippen LogP contribution in [0.1, 0.15) is 10.6 Å². The Kier molecular flexibility index (Phi) is 3.96. The molecule has 2 aromatic heterocycles. The van der Waals surface area contributed by atoms with E-state index in [9.17, 15) is 0 Å². The highest BCUT2D eigenvalue weighted by atomic mass is 32.1. The molecule has 0 saturated heterocycles. The first-order chi connectivity index (χ1) is 9.11. The fraction of sp³-hybridized carbons (Fsp3) is 0.250. The summed E-state index contributed by atoms with van der Waals surface area (Å²) in [5.41, 5.74) is 7.48. The molecule has 7 heteroatoms. The van der Waals surface area contributed by atoms with E-state index in [1.165, 1.54) is 11.2 Å². The van der Waals surface area contributed by atoms with E-state index < -0.39 is 0 Å². The van der Waals surface area contributed by atoms with Gasteiger partial charge >= 0.3 is 0 Å². The van der Waals surface area contributed by atoms with Gasteiger partial charge in [0.2, 0.25) is 0 Å². The van der Waals surface area contributed by atoms with Gasteiger partial charge in [-0.15, -0.1) is 17.9 Å². The van der Waals surface area contributed by atoms with E-state index in [4.69, 9.17) is 5.73 Å². The van der Waals surface area contributed by atoms with Crippen molar-refractivity contribution in [1.29, 1.82) is 0 Å². The molecular weight excluding hydrogens is 260 g/mol. The van der Waals surface area contributed by atoms with Gasteiger partial charge < -0.3 is 16.4 Å². The van der Waals surface area contributed by atoms with Crippen LogP contribution in [-0.4, -0.2) is 21.5 Å². The van der Waals surface area contributed by atoms with Crippen LogP contribution >= 0.6 is 11.3 Å². The Morgan fingerprint density at radius 1 is 1.37 bits per heavy atom. The highest BCUT2D eigenvalue weighted by molar-refractivity contribution is 7.15. The highest BCUT2D eigenvalue weighted by Gasteiger charge is 2.10. The first kappa shape index (κ1) is 13.3. The van der Waals surface area contributed by atoms with E-state index in [0.717, 1.165) is 10.8 Å². The Bertz CT molecular complexity index is 572. The Morgan fingerprint density at radius 3 is 2.74 bits per heavy atom. The number of hydrogen-bond acceptors (Lipinski definition) is 7. The van der Waals surface area contributed by atoms with Crippen molar-refractivity contribution in [2.75, 3.05) is 22.9 Å². The second-order valence-corrected chi connectivity index (χ2v) is 5.14. The molecule has 0 amide bonds. The molecule has 0 bridgehead atoms. The lowest BCUT2D eigenvalue weighted by molar-refractivity contribution is 1.14. The van der Waals surface area contributed by atoms with Crippen molar-refractivity contribution in [3.63, 3.8) is 0 Å². The number of nitrogens with zero attached hydrogens (tertiary/aromatic N) is 3. The third-order valence-corrected chi connectivity index (χ3v) is 3.54. The molecule has 0 aliphatic heterocycles. The van der Waals surface area contributed by atoms with E-state index in [2.05, 4.69) is 32.2 Å². The molecule has 0 aliphatic carbocycles. The van der Waals surface area contributed by atoms with Gasteiger partial charge in [0, 0.05) is 11.4 Å². The number of nitrogens with two attached hydrogens (primary N) is 1. The topological polar surface area (TPSA) is 88.8 Å². The van der Waals surface area contributed by atoms with E-state index >= 15 is 0 Å². The summed E-state index contributed by atoms with van der Waals surface area (Å²) in [7, 11) is 0. The minimum absolute atomic E-state index is 0.467. The van der Waals surface area contributed by atoms with Crippen molar-refractivity contribution < 1.29 is 0 Å². The van der Waals surface area contributed by atoms with Crippen LogP contribution in [0.15, 0.2) is 19.0 Å². The zero-order valence-corrected chi connectivity index (χ0v) is 11.7. The molecule has 0 spiro atoms. The largest absolute Gasteiger partial charge is 0.393 e. The molecule has 4 N–H and O–H groups in total. The predicted octanol–water partition coefficient (Wildman–Crippen LogP) is 2.47. The van der Waals surface area contributed by atoms with Gasteiger partial charge in [-0.25, -0.2) is 15.0 Å². The molecule has 2 rings (SSSR count). The molecule has 19 heavy (non-hydrogen) atoms. The molecular formula is C12H16N6S. The number of nitrogen functional groups attached to an aromatic ring is 1. The summed E-state index contributed by atoms with van der Waals surface area (Å²) in [6.07, 6.45) is 3.19. The van der Waals surface area contributed by atoms with Gasteiger partial charge in [0.25, 0.3) is 0 Å². The maximum Gasteiger partial charge on any atom is 0.188 e. The van der Waals surface area contributed by atoms with Gasteiger partial charge in [-0.2, -0.15) is 0 Å². The molecule has 100 valence electrons. The number of anilines is 4. The number of aryl methyl sites for hydroxylation is 2. The summed E-state index contributed by atoms with van der Waals surface area (Å²) < 4.78 is 0. The van der Waals surface area contributed by atoms with Crippen LogP contribution in [0.3, 0.4) is 0 Å². The van der Waals surface area contributed by atoms with E-state index in [0.29, 0.717) is 23.9 Å². The smallest absolute Gasteiger partial charge is 0.188 e. The van der Waals surface area contributed by atoms with Crippen LogP contribution in [0, 0.1) is 13.8 Å². The Morgan fingerprint density at radius 2 is 2.11 bits per heavy atom. The standard InChI is InChI=1S/C12H16N6S/c1-4-5-14-10-9(13)11(16-6-15-10)18-12-17-7(2)8(3)19-12/h4,6H,1,5,13H2,2-3H3,(H2,14,15,16,17,18). The molecule has 6 nitrogen and oxygen atoms in total. The number of thiazole rings is 1. The van der Waals surface area contributed by atoms with Gasteiger partial charge in [-0.05, 0) is 13.8 Å². The number of rotatable bonds is 5. The monoisotopic (exact) mass is 276 g/mol. The van der Waals surface area contributed by atoms with Crippen molar-refractivity contribution in [3.05, 3.63) is 29.6 Å². The zero-order chi connectivity index (χ0) is 13.8. The van der Waals surface area contributed by atoms with Gasteiger partial charge in [0.05, 0.1) is 5.69 Å². The summed E-state index contributed by atoms with van der Waals surface area (Å²) in [4.78, 5) is 13.8. The Balaban J connectivity index is 2.22. The molecule has 0 atom stereocenters. The van der Waals surface area contributed by atoms with E-state index in [-0.39, 0.29) is 0 Å². The molecule has 0 aliphatic rings. The lowest BCUT2D eigenvalue weighted by atomic mass is 10.4. The van der Waals surface area contributed by atoms with Crippen molar-refractivity contribution in [3.8, 4) is 0 Å².